The smallest absolute Gasteiger partial charge is 0.122 e. The van der Waals surface area contributed by atoms with Gasteiger partial charge in [0.25, 0.3) is 0 Å². The van der Waals surface area contributed by atoms with E-state index in [9.17, 15) is 0 Å². The molecule has 0 aliphatic carbocycles. The van der Waals surface area contributed by atoms with Gasteiger partial charge in [0.15, 0.2) is 0 Å². The predicted octanol–water partition coefficient (Wildman–Crippen LogP) is 2.88. The molecule has 2 aromatic rings. The third-order valence-electron chi connectivity index (χ3n) is 5.67. The molecule has 3 aliphatic heterocycles. The second kappa shape index (κ2) is 8.13. The molecule has 0 N–H and O–H groups in total. The topological polar surface area (TPSA) is 50.0 Å². The van der Waals surface area contributed by atoms with Crippen LogP contribution in [-0.2, 0) is 9.47 Å². The number of epoxide rings is 2. The van der Waals surface area contributed by atoms with Crippen molar-refractivity contribution in [2.75, 3.05) is 62.4 Å². The monoisotopic (exact) mass is 396 g/mol. The molecule has 0 amide bonds. The Morgan fingerprint density at radius 3 is 1.93 bits per heavy atom. The normalized spacial score (nSPS) is 23.1. The molecule has 0 saturated carbocycles. The summed E-state index contributed by atoms with van der Waals surface area (Å²) in [5, 5.41) is 0. The van der Waals surface area contributed by atoms with Gasteiger partial charge in [-0.3, -0.25) is 0 Å². The van der Waals surface area contributed by atoms with Crippen molar-refractivity contribution in [1.82, 2.24) is 0 Å². The van der Waals surface area contributed by atoms with Gasteiger partial charge in [0.1, 0.15) is 36.9 Å². The van der Waals surface area contributed by atoms with E-state index in [1.807, 2.05) is 0 Å². The van der Waals surface area contributed by atoms with Crippen molar-refractivity contribution < 1.29 is 18.9 Å². The van der Waals surface area contributed by atoms with Gasteiger partial charge in [0.2, 0.25) is 0 Å². The highest BCUT2D eigenvalue weighted by atomic mass is 16.6. The van der Waals surface area contributed by atoms with E-state index in [0.29, 0.717) is 19.3 Å². The van der Waals surface area contributed by atoms with E-state index in [1.54, 1.807) is 0 Å². The van der Waals surface area contributed by atoms with E-state index in [2.05, 4.69) is 59.2 Å². The predicted molar refractivity (Wildman–Crippen MR) is 113 cm³/mol. The molecule has 3 aliphatic rings. The number of aryl methyl sites for hydroxylation is 1. The summed E-state index contributed by atoms with van der Waals surface area (Å²) in [7, 11) is 0. The van der Waals surface area contributed by atoms with Crippen molar-refractivity contribution in [3.63, 3.8) is 0 Å². The average molecular weight is 396 g/mol. The standard InChI is InChI=1S/C23H28N2O4/c1-17-12-19(4-7-23(17)29-16-22-15-28-22)25-10-8-24(9-11-25)18-2-5-20(6-3-18)26-13-21-14-27-21/h2-7,12,21-22H,8-11,13-16H2,1H3. The minimum Gasteiger partial charge on any atom is -0.491 e. The second-order valence-electron chi connectivity index (χ2n) is 7.95. The van der Waals surface area contributed by atoms with Crippen molar-refractivity contribution in [2.45, 2.75) is 19.1 Å². The molecule has 2 unspecified atom stereocenters. The van der Waals surface area contributed by atoms with E-state index in [0.717, 1.165) is 50.9 Å². The lowest BCUT2D eigenvalue weighted by molar-refractivity contribution is 0.262. The van der Waals surface area contributed by atoms with E-state index < -0.39 is 0 Å². The summed E-state index contributed by atoms with van der Waals surface area (Å²) in [6, 6.07) is 14.9. The summed E-state index contributed by atoms with van der Waals surface area (Å²) < 4.78 is 22.0. The molecule has 3 fully saturated rings. The summed E-state index contributed by atoms with van der Waals surface area (Å²) in [5.74, 6) is 1.87. The van der Waals surface area contributed by atoms with E-state index in [1.165, 1.54) is 16.9 Å². The number of piperazine rings is 1. The fraction of sp³-hybridized carbons (Fsp3) is 0.478. The number of hydrogen-bond acceptors (Lipinski definition) is 6. The molecular formula is C23H28N2O4. The number of nitrogens with zero attached hydrogens (tertiary/aromatic N) is 2. The Balaban J connectivity index is 1.14. The fourth-order valence-electron chi connectivity index (χ4n) is 3.67. The van der Waals surface area contributed by atoms with Crippen molar-refractivity contribution in [3.8, 4) is 11.5 Å². The highest BCUT2D eigenvalue weighted by Gasteiger charge is 2.24. The van der Waals surface area contributed by atoms with Crippen LogP contribution in [0.25, 0.3) is 0 Å². The van der Waals surface area contributed by atoms with E-state index in [4.69, 9.17) is 18.9 Å². The Morgan fingerprint density at radius 1 is 0.793 bits per heavy atom. The first kappa shape index (κ1) is 18.6. The summed E-state index contributed by atoms with van der Waals surface area (Å²) in [4.78, 5) is 4.88. The maximum absolute atomic E-state index is 5.85. The van der Waals surface area contributed by atoms with Gasteiger partial charge in [-0.1, -0.05) is 0 Å². The van der Waals surface area contributed by atoms with Gasteiger partial charge in [0, 0.05) is 37.6 Å². The molecule has 6 nitrogen and oxygen atoms in total. The van der Waals surface area contributed by atoms with E-state index >= 15 is 0 Å². The van der Waals surface area contributed by atoms with Gasteiger partial charge in [-0.05, 0) is 55.0 Å². The molecule has 0 spiro atoms. The first-order chi connectivity index (χ1) is 14.2. The Kier molecular flexibility index (Phi) is 5.21. The summed E-state index contributed by atoms with van der Waals surface area (Å²) in [5.41, 5.74) is 3.70. The van der Waals surface area contributed by atoms with Gasteiger partial charge in [-0.2, -0.15) is 0 Å². The van der Waals surface area contributed by atoms with Crippen molar-refractivity contribution in [3.05, 3.63) is 48.0 Å². The van der Waals surface area contributed by atoms with Gasteiger partial charge < -0.3 is 28.7 Å². The highest BCUT2D eigenvalue weighted by molar-refractivity contribution is 5.55. The molecule has 3 saturated heterocycles. The maximum atomic E-state index is 5.85. The van der Waals surface area contributed by atoms with Gasteiger partial charge in [-0.25, -0.2) is 0 Å². The first-order valence-electron chi connectivity index (χ1n) is 10.4. The van der Waals surface area contributed by atoms with Crippen LogP contribution in [0.15, 0.2) is 42.5 Å². The second-order valence-corrected chi connectivity index (χ2v) is 7.95. The third kappa shape index (κ3) is 4.77. The molecule has 29 heavy (non-hydrogen) atoms. The Hall–Kier alpha value is -2.44. The number of anilines is 2. The molecule has 0 radical (unpaired) electrons. The molecule has 5 rings (SSSR count). The lowest BCUT2D eigenvalue weighted by Gasteiger charge is -2.37. The van der Waals surface area contributed by atoms with Crippen molar-refractivity contribution in [2.24, 2.45) is 0 Å². The van der Waals surface area contributed by atoms with Crippen molar-refractivity contribution in [1.29, 1.82) is 0 Å². The van der Waals surface area contributed by atoms with Crippen LogP contribution >= 0.6 is 0 Å². The SMILES string of the molecule is Cc1cc(N2CCN(c3ccc(OCC4CO4)cc3)CC2)ccc1OCC1CO1. The molecule has 6 heteroatoms. The van der Waals surface area contributed by atoms with Gasteiger partial charge in [-0.15, -0.1) is 0 Å². The molecule has 3 heterocycles. The zero-order valence-electron chi connectivity index (χ0n) is 16.9. The lowest BCUT2D eigenvalue weighted by Crippen LogP contribution is -2.46. The molecule has 0 aromatic heterocycles. The largest absolute Gasteiger partial charge is 0.491 e. The first-order valence-corrected chi connectivity index (χ1v) is 10.4. The number of rotatable bonds is 8. The van der Waals surface area contributed by atoms with Gasteiger partial charge in [0.05, 0.1) is 13.2 Å². The zero-order chi connectivity index (χ0) is 19.6. The fourth-order valence-corrected chi connectivity index (χ4v) is 3.67. The van der Waals surface area contributed by atoms with Crippen LogP contribution in [0.5, 0.6) is 11.5 Å². The number of ether oxygens (including phenoxy) is 4. The third-order valence-corrected chi connectivity index (χ3v) is 5.67. The zero-order valence-corrected chi connectivity index (χ0v) is 16.9. The summed E-state index contributed by atoms with van der Waals surface area (Å²) >= 11 is 0. The average Bonchev–Trinajstić information content (AvgIpc) is 3.67. The van der Waals surface area contributed by atoms with Crippen LogP contribution in [-0.4, -0.2) is 64.8 Å². The number of hydrogen-bond donors (Lipinski definition) is 0. The highest BCUT2D eigenvalue weighted by Crippen LogP contribution is 2.28. The Labute approximate surface area is 171 Å². The van der Waals surface area contributed by atoms with Crippen LogP contribution in [0.4, 0.5) is 11.4 Å². The van der Waals surface area contributed by atoms with Crippen LogP contribution in [0, 0.1) is 6.92 Å². The minimum absolute atomic E-state index is 0.287. The summed E-state index contributed by atoms with van der Waals surface area (Å²) in [6.07, 6.45) is 0.578. The molecule has 2 aromatic carbocycles. The van der Waals surface area contributed by atoms with Crippen molar-refractivity contribution >= 4 is 11.4 Å². The number of benzene rings is 2. The van der Waals surface area contributed by atoms with Crippen LogP contribution in [0.1, 0.15) is 5.56 Å². The molecule has 154 valence electrons. The quantitative estimate of drug-likeness (QED) is 0.640. The van der Waals surface area contributed by atoms with Crippen LogP contribution < -0.4 is 19.3 Å². The maximum Gasteiger partial charge on any atom is 0.122 e. The molecule has 0 bridgehead atoms. The minimum atomic E-state index is 0.287. The van der Waals surface area contributed by atoms with Crippen LogP contribution in [0.3, 0.4) is 0 Å². The van der Waals surface area contributed by atoms with Gasteiger partial charge >= 0.3 is 0 Å². The van der Waals surface area contributed by atoms with E-state index in [-0.39, 0.29) is 6.10 Å². The Bertz CT molecular complexity index is 825. The molecule has 2 atom stereocenters. The Morgan fingerprint density at radius 2 is 1.34 bits per heavy atom. The molecular weight excluding hydrogens is 368 g/mol. The summed E-state index contributed by atoms with van der Waals surface area (Å²) in [6.45, 7) is 9.09. The van der Waals surface area contributed by atoms with Crippen LogP contribution in [0.2, 0.25) is 0 Å². The lowest BCUT2D eigenvalue weighted by atomic mass is 10.1.